The molecule has 0 bridgehead atoms. The van der Waals surface area contributed by atoms with E-state index in [-0.39, 0.29) is 17.4 Å². The van der Waals surface area contributed by atoms with E-state index in [9.17, 15) is 10.2 Å². The summed E-state index contributed by atoms with van der Waals surface area (Å²) >= 11 is 0. The van der Waals surface area contributed by atoms with Gasteiger partial charge in [-0.05, 0) is 55.2 Å². The van der Waals surface area contributed by atoms with Crippen molar-refractivity contribution in [3.63, 3.8) is 0 Å². The molecular weight excluding hydrogens is 356 g/mol. The van der Waals surface area contributed by atoms with Gasteiger partial charge in [-0.1, -0.05) is 77.9 Å². The zero-order valence-corrected chi connectivity index (χ0v) is 17.3. The lowest BCUT2D eigenvalue weighted by molar-refractivity contribution is 0.454. The Kier molecular flexibility index (Phi) is 4.79. The number of phenols is 2. The van der Waals surface area contributed by atoms with Gasteiger partial charge in [-0.25, -0.2) is 0 Å². The largest absolute Gasteiger partial charge is 0.507 e. The van der Waals surface area contributed by atoms with Crippen LogP contribution in [0, 0.1) is 27.7 Å². The Morgan fingerprint density at radius 2 is 1.10 bits per heavy atom. The van der Waals surface area contributed by atoms with Gasteiger partial charge in [0.1, 0.15) is 11.5 Å². The molecule has 0 fully saturated rings. The Labute approximate surface area is 172 Å². The fraction of sp³-hybridized carbons (Fsp3) is 0.185. The lowest BCUT2D eigenvalue weighted by atomic mass is 9.81. The van der Waals surface area contributed by atoms with Crippen LogP contribution in [-0.2, 0) is 0 Å². The average molecular weight is 383 g/mol. The smallest absolute Gasteiger partial charge is 0.122 e. The second-order valence-electron chi connectivity index (χ2n) is 8.08. The van der Waals surface area contributed by atoms with Gasteiger partial charge in [0.15, 0.2) is 0 Å². The molecule has 146 valence electrons. The summed E-state index contributed by atoms with van der Waals surface area (Å²) in [5.41, 5.74) is 6.54. The zero-order chi connectivity index (χ0) is 20.7. The molecule has 2 N–H and O–H groups in total. The highest BCUT2D eigenvalue weighted by Gasteiger charge is 2.25. The highest BCUT2D eigenvalue weighted by Crippen LogP contribution is 2.43. The maximum Gasteiger partial charge on any atom is 0.122 e. The first-order valence-electron chi connectivity index (χ1n) is 9.94. The van der Waals surface area contributed by atoms with Crippen molar-refractivity contribution >= 4 is 10.8 Å². The second-order valence-corrected chi connectivity index (χ2v) is 8.08. The number of rotatable bonds is 3. The first-order chi connectivity index (χ1) is 13.8. The van der Waals surface area contributed by atoms with Crippen LogP contribution in [0.4, 0.5) is 0 Å². The summed E-state index contributed by atoms with van der Waals surface area (Å²) in [6.45, 7) is 7.92. The number of hydrogen-bond acceptors (Lipinski definition) is 2. The molecule has 4 rings (SSSR count). The molecule has 0 heterocycles. The van der Waals surface area contributed by atoms with Crippen molar-refractivity contribution in [1.82, 2.24) is 0 Å². The van der Waals surface area contributed by atoms with Crippen LogP contribution in [0.5, 0.6) is 11.5 Å². The monoisotopic (exact) mass is 382 g/mol. The van der Waals surface area contributed by atoms with E-state index < -0.39 is 0 Å². The van der Waals surface area contributed by atoms with Crippen molar-refractivity contribution in [2.75, 3.05) is 0 Å². The van der Waals surface area contributed by atoms with Gasteiger partial charge in [0.25, 0.3) is 0 Å². The molecular formula is C27H26O2. The Balaban J connectivity index is 2.05. The second kappa shape index (κ2) is 7.29. The van der Waals surface area contributed by atoms with E-state index in [1.54, 1.807) is 0 Å². The third kappa shape index (κ3) is 3.47. The third-order valence-corrected chi connectivity index (χ3v) is 5.68. The third-order valence-electron chi connectivity index (χ3n) is 5.68. The SMILES string of the molecule is Cc1cc(C)c(O)c(C(c2ccc3ccccc3c2)c2cc(C)cc(C)c2O)c1. The summed E-state index contributed by atoms with van der Waals surface area (Å²) in [4.78, 5) is 0. The number of phenolic OH excluding ortho intramolecular Hbond substituents is 2. The molecule has 0 unspecified atom stereocenters. The van der Waals surface area contributed by atoms with Gasteiger partial charge < -0.3 is 10.2 Å². The van der Waals surface area contributed by atoms with Crippen molar-refractivity contribution in [2.24, 2.45) is 0 Å². The number of fused-ring (bicyclic) bond motifs is 1. The molecule has 0 aliphatic rings. The normalized spacial score (nSPS) is 11.3. The van der Waals surface area contributed by atoms with E-state index in [0.29, 0.717) is 0 Å². The molecule has 2 nitrogen and oxygen atoms in total. The lowest BCUT2D eigenvalue weighted by Crippen LogP contribution is -2.06. The van der Waals surface area contributed by atoms with Crippen LogP contribution in [-0.4, -0.2) is 10.2 Å². The van der Waals surface area contributed by atoms with Crippen molar-refractivity contribution in [1.29, 1.82) is 0 Å². The summed E-state index contributed by atoms with van der Waals surface area (Å²) < 4.78 is 0. The minimum atomic E-state index is -0.267. The van der Waals surface area contributed by atoms with Gasteiger partial charge in [-0.2, -0.15) is 0 Å². The van der Waals surface area contributed by atoms with Crippen molar-refractivity contribution in [3.05, 3.63) is 106 Å². The van der Waals surface area contributed by atoms with Crippen LogP contribution in [0.15, 0.2) is 66.7 Å². The quantitative estimate of drug-likeness (QED) is 0.389. The van der Waals surface area contributed by atoms with E-state index in [4.69, 9.17) is 0 Å². The Bertz CT molecular complexity index is 1160. The summed E-state index contributed by atoms with van der Waals surface area (Å²) in [6.07, 6.45) is 0. The number of aryl methyl sites for hydroxylation is 4. The number of benzene rings is 4. The van der Waals surface area contributed by atoms with Crippen molar-refractivity contribution in [3.8, 4) is 11.5 Å². The molecule has 0 aliphatic heterocycles. The molecule has 0 spiro atoms. The minimum absolute atomic E-state index is 0.267. The average Bonchev–Trinajstić information content (AvgIpc) is 2.69. The minimum Gasteiger partial charge on any atom is -0.507 e. The van der Waals surface area contributed by atoms with Crippen molar-refractivity contribution in [2.45, 2.75) is 33.6 Å². The van der Waals surface area contributed by atoms with E-state index in [1.165, 1.54) is 5.39 Å². The van der Waals surface area contributed by atoms with Gasteiger partial charge in [-0.3, -0.25) is 0 Å². The highest BCUT2D eigenvalue weighted by atomic mass is 16.3. The molecule has 0 saturated heterocycles. The fourth-order valence-corrected chi connectivity index (χ4v) is 4.34. The first-order valence-corrected chi connectivity index (χ1v) is 9.94. The van der Waals surface area contributed by atoms with Crippen LogP contribution in [0.2, 0.25) is 0 Å². The predicted octanol–water partition coefficient (Wildman–Crippen LogP) is 6.66. The molecule has 4 aromatic carbocycles. The molecule has 2 heteroatoms. The summed E-state index contributed by atoms with van der Waals surface area (Å²) in [7, 11) is 0. The summed E-state index contributed by atoms with van der Waals surface area (Å²) in [5.74, 6) is 0.302. The van der Waals surface area contributed by atoms with E-state index >= 15 is 0 Å². The van der Waals surface area contributed by atoms with E-state index in [0.717, 1.165) is 44.3 Å². The molecule has 0 radical (unpaired) electrons. The molecule has 0 aromatic heterocycles. The van der Waals surface area contributed by atoms with Gasteiger partial charge in [0.2, 0.25) is 0 Å². The molecule has 0 saturated carbocycles. The number of aromatic hydroxyl groups is 2. The maximum absolute atomic E-state index is 11.0. The summed E-state index contributed by atoms with van der Waals surface area (Å²) in [5, 5.41) is 24.3. The van der Waals surface area contributed by atoms with Gasteiger partial charge in [-0.15, -0.1) is 0 Å². The lowest BCUT2D eigenvalue weighted by Gasteiger charge is -2.24. The first kappa shape index (κ1) is 19.1. The number of hydrogen-bond donors (Lipinski definition) is 2. The highest BCUT2D eigenvalue weighted by molar-refractivity contribution is 5.83. The standard InChI is InChI=1S/C27H26O2/c1-16-11-18(3)26(28)23(13-16)25(24-14-17(2)12-19(4)27(24)29)22-10-9-20-7-5-6-8-21(20)15-22/h5-15,25,28-29H,1-4H3. The topological polar surface area (TPSA) is 40.5 Å². The molecule has 0 amide bonds. The molecule has 0 atom stereocenters. The van der Waals surface area contributed by atoms with Gasteiger partial charge in [0.05, 0.1) is 0 Å². The van der Waals surface area contributed by atoms with Crippen LogP contribution >= 0.6 is 0 Å². The summed E-state index contributed by atoms with van der Waals surface area (Å²) in [6, 6.07) is 22.6. The van der Waals surface area contributed by atoms with E-state index in [1.807, 2.05) is 64.1 Å². The van der Waals surface area contributed by atoms with Crippen LogP contribution in [0.3, 0.4) is 0 Å². The van der Waals surface area contributed by atoms with E-state index in [2.05, 4.69) is 30.3 Å². The van der Waals surface area contributed by atoms with Gasteiger partial charge in [0, 0.05) is 17.0 Å². The molecule has 29 heavy (non-hydrogen) atoms. The zero-order valence-electron chi connectivity index (χ0n) is 17.3. The van der Waals surface area contributed by atoms with Gasteiger partial charge >= 0.3 is 0 Å². The predicted molar refractivity (Wildman–Crippen MR) is 120 cm³/mol. The Morgan fingerprint density at radius 3 is 1.66 bits per heavy atom. The maximum atomic E-state index is 11.0. The Morgan fingerprint density at radius 1 is 0.586 bits per heavy atom. The van der Waals surface area contributed by atoms with Crippen molar-refractivity contribution < 1.29 is 10.2 Å². The van der Waals surface area contributed by atoms with Crippen LogP contribution < -0.4 is 0 Å². The fourth-order valence-electron chi connectivity index (χ4n) is 4.34. The van der Waals surface area contributed by atoms with Crippen LogP contribution in [0.25, 0.3) is 10.8 Å². The van der Waals surface area contributed by atoms with Crippen LogP contribution in [0.1, 0.15) is 44.9 Å². The molecule has 4 aromatic rings. The Hall–Kier alpha value is -3.26. The molecule has 0 aliphatic carbocycles.